The maximum absolute atomic E-state index is 12.1. The van der Waals surface area contributed by atoms with Gasteiger partial charge in [0.2, 0.25) is 0 Å². The van der Waals surface area contributed by atoms with E-state index in [0.29, 0.717) is 17.3 Å². The maximum atomic E-state index is 12.1. The molecule has 0 unspecified atom stereocenters. The molecule has 1 aromatic heterocycles. The van der Waals surface area contributed by atoms with Gasteiger partial charge in [-0.15, -0.1) is 0 Å². The van der Waals surface area contributed by atoms with Gasteiger partial charge in [-0.2, -0.15) is 0 Å². The fraction of sp³-hybridized carbons (Fsp3) is 0.600. The number of likely N-dealkylation sites (tertiary alicyclic amines) is 1. The van der Waals surface area contributed by atoms with E-state index in [2.05, 4.69) is 29.0 Å². The van der Waals surface area contributed by atoms with Gasteiger partial charge >= 0.3 is 0 Å². The molecule has 110 valence electrons. The molecule has 1 aromatic rings. The molecule has 4 nitrogen and oxygen atoms in total. The molecule has 0 spiro atoms. The van der Waals surface area contributed by atoms with Crippen LogP contribution >= 0.6 is 11.6 Å². The second-order valence-electron chi connectivity index (χ2n) is 5.91. The normalized spacial score (nSPS) is 16.9. The topological polar surface area (TPSA) is 45.2 Å². The monoisotopic (exact) mass is 295 g/mol. The van der Waals surface area contributed by atoms with Gasteiger partial charge in [-0.3, -0.25) is 9.69 Å². The molecule has 1 N–H and O–H groups in total. The second kappa shape index (κ2) is 6.55. The molecule has 20 heavy (non-hydrogen) atoms. The van der Waals surface area contributed by atoms with Crippen molar-refractivity contribution in [1.29, 1.82) is 0 Å². The summed E-state index contributed by atoms with van der Waals surface area (Å²) in [7, 11) is 0. The molecule has 1 aliphatic rings. The highest BCUT2D eigenvalue weighted by Gasteiger charge is 2.28. The van der Waals surface area contributed by atoms with E-state index >= 15 is 0 Å². The van der Waals surface area contributed by atoms with E-state index in [1.807, 2.05) is 0 Å². The lowest BCUT2D eigenvalue weighted by atomic mass is 9.98. The van der Waals surface area contributed by atoms with Crippen LogP contribution in [-0.2, 0) is 0 Å². The minimum atomic E-state index is -0.0978. The number of rotatable bonds is 4. The number of amides is 1. The predicted octanol–water partition coefficient (Wildman–Crippen LogP) is 2.73. The van der Waals surface area contributed by atoms with E-state index in [1.54, 1.807) is 18.3 Å². The lowest BCUT2D eigenvalue weighted by molar-refractivity contribution is 0.0797. The highest BCUT2D eigenvalue weighted by Crippen LogP contribution is 2.20. The van der Waals surface area contributed by atoms with Crippen molar-refractivity contribution in [2.45, 2.75) is 38.6 Å². The molecule has 0 bridgehead atoms. The Hall–Kier alpha value is -1.13. The molecule has 0 aliphatic carbocycles. The number of pyridine rings is 1. The minimum absolute atomic E-state index is 0.0209. The number of hydrogen-bond donors (Lipinski definition) is 1. The van der Waals surface area contributed by atoms with Gasteiger partial charge in [-0.1, -0.05) is 18.0 Å². The molecule has 0 radical (unpaired) electrons. The van der Waals surface area contributed by atoms with Gasteiger partial charge in [0, 0.05) is 23.8 Å². The summed E-state index contributed by atoms with van der Waals surface area (Å²) >= 11 is 5.80. The third kappa shape index (κ3) is 3.93. The quantitative estimate of drug-likeness (QED) is 0.869. The Balaban J connectivity index is 1.91. The Morgan fingerprint density at radius 2 is 2.10 bits per heavy atom. The smallest absolute Gasteiger partial charge is 0.251 e. The van der Waals surface area contributed by atoms with Gasteiger partial charge in [-0.05, 0) is 51.9 Å². The highest BCUT2D eigenvalue weighted by molar-refractivity contribution is 6.29. The van der Waals surface area contributed by atoms with Gasteiger partial charge in [0.15, 0.2) is 0 Å². The fourth-order valence-electron chi connectivity index (χ4n) is 2.55. The maximum Gasteiger partial charge on any atom is 0.251 e. The first-order chi connectivity index (χ1) is 9.49. The van der Waals surface area contributed by atoms with Crippen molar-refractivity contribution in [2.24, 2.45) is 0 Å². The average molecular weight is 296 g/mol. The summed E-state index contributed by atoms with van der Waals surface area (Å²) in [6, 6.07) is 3.26. The van der Waals surface area contributed by atoms with Crippen LogP contribution in [0.3, 0.4) is 0 Å². The van der Waals surface area contributed by atoms with Crippen molar-refractivity contribution >= 4 is 17.5 Å². The number of aromatic nitrogens is 1. The molecule has 0 atom stereocenters. The van der Waals surface area contributed by atoms with Crippen LogP contribution < -0.4 is 5.32 Å². The standard InChI is InChI=1S/C15H22ClN3O/c1-15(2,19-8-4-3-5-9-19)11-18-14(20)12-6-7-17-13(16)10-12/h6-7,10H,3-5,8-9,11H2,1-2H3,(H,18,20). The summed E-state index contributed by atoms with van der Waals surface area (Å²) in [5.74, 6) is -0.0978. The van der Waals surface area contributed by atoms with Crippen LogP contribution in [0.1, 0.15) is 43.5 Å². The SMILES string of the molecule is CC(C)(CNC(=O)c1ccnc(Cl)c1)N1CCCCC1. The third-order valence-corrected chi connectivity index (χ3v) is 4.09. The molecule has 2 heterocycles. The summed E-state index contributed by atoms with van der Waals surface area (Å²) < 4.78 is 0. The van der Waals surface area contributed by atoms with Crippen LogP contribution in [-0.4, -0.2) is 41.0 Å². The lowest BCUT2D eigenvalue weighted by Gasteiger charge is -2.41. The van der Waals surface area contributed by atoms with E-state index in [4.69, 9.17) is 11.6 Å². The summed E-state index contributed by atoms with van der Waals surface area (Å²) in [6.45, 7) is 7.22. The minimum Gasteiger partial charge on any atom is -0.350 e. The number of carbonyl (C=O) groups excluding carboxylic acids is 1. The zero-order valence-corrected chi connectivity index (χ0v) is 12.9. The second-order valence-corrected chi connectivity index (χ2v) is 6.30. The molecular formula is C15H22ClN3O. The molecule has 1 amide bonds. The van der Waals surface area contributed by atoms with Crippen LogP contribution in [0.5, 0.6) is 0 Å². The molecule has 5 heteroatoms. The molecule has 0 aromatic carbocycles. The van der Waals surface area contributed by atoms with E-state index < -0.39 is 0 Å². The Labute approximate surface area is 125 Å². The van der Waals surface area contributed by atoms with E-state index in [1.165, 1.54) is 19.3 Å². The van der Waals surface area contributed by atoms with Gasteiger partial charge in [-0.25, -0.2) is 4.98 Å². The Morgan fingerprint density at radius 1 is 1.40 bits per heavy atom. The Kier molecular flexibility index (Phi) is 5.00. The zero-order chi connectivity index (χ0) is 14.6. The van der Waals surface area contributed by atoms with Crippen LogP contribution in [0, 0.1) is 0 Å². The first kappa shape index (κ1) is 15.3. The van der Waals surface area contributed by atoms with Crippen molar-refractivity contribution in [3.63, 3.8) is 0 Å². The highest BCUT2D eigenvalue weighted by atomic mass is 35.5. The van der Waals surface area contributed by atoms with Gasteiger partial charge < -0.3 is 5.32 Å². The van der Waals surface area contributed by atoms with Crippen molar-refractivity contribution in [1.82, 2.24) is 15.2 Å². The van der Waals surface area contributed by atoms with Crippen LogP contribution in [0.2, 0.25) is 5.15 Å². The van der Waals surface area contributed by atoms with Crippen molar-refractivity contribution in [3.05, 3.63) is 29.0 Å². The lowest BCUT2D eigenvalue weighted by Crippen LogP contribution is -2.53. The van der Waals surface area contributed by atoms with Gasteiger partial charge in [0.25, 0.3) is 5.91 Å². The van der Waals surface area contributed by atoms with E-state index in [9.17, 15) is 4.79 Å². The zero-order valence-electron chi connectivity index (χ0n) is 12.2. The molecule has 1 aliphatic heterocycles. The first-order valence-electron chi connectivity index (χ1n) is 7.14. The van der Waals surface area contributed by atoms with E-state index in [-0.39, 0.29) is 11.4 Å². The summed E-state index contributed by atoms with van der Waals surface area (Å²) in [5.41, 5.74) is 0.534. The number of nitrogens with one attached hydrogen (secondary N) is 1. The van der Waals surface area contributed by atoms with Crippen LogP contribution in [0.25, 0.3) is 0 Å². The van der Waals surface area contributed by atoms with Crippen molar-refractivity contribution in [2.75, 3.05) is 19.6 Å². The molecule has 2 rings (SSSR count). The third-order valence-electron chi connectivity index (χ3n) is 3.88. The first-order valence-corrected chi connectivity index (χ1v) is 7.52. The Bertz CT molecular complexity index is 470. The number of carbonyl (C=O) groups is 1. The van der Waals surface area contributed by atoms with Crippen LogP contribution in [0.4, 0.5) is 0 Å². The van der Waals surface area contributed by atoms with Crippen molar-refractivity contribution < 1.29 is 4.79 Å². The predicted molar refractivity (Wildman–Crippen MR) is 81.1 cm³/mol. The van der Waals surface area contributed by atoms with Crippen LogP contribution in [0.15, 0.2) is 18.3 Å². The van der Waals surface area contributed by atoms with Gasteiger partial charge in [0.05, 0.1) is 0 Å². The van der Waals surface area contributed by atoms with Gasteiger partial charge in [0.1, 0.15) is 5.15 Å². The number of nitrogens with zero attached hydrogens (tertiary/aromatic N) is 2. The molecular weight excluding hydrogens is 274 g/mol. The summed E-state index contributed by atoms with van der Waals surface area (Å²) in [4.78, 5) is 18.4. The summed E-state index contributed by atoms with van der Waals surface area (Å²) in [5, 5.41) is 3.34. The van der Waals surface area contributed by atoms with E-state index in [0.717, 1.165) is 13.1 Å². The largest absolute Gasteiger partial charge is 0.350 e. The fourth-order valence-corrected chi connectivity index (χ4v) is 2.73. The van der Waals surface area contributed by atoms with Crippen molar-refractivity contribution in [3.8, 4) is 0 Å². The number of halogens is 1. The Morgan fingerprint density at radius 3 is 2.75 bits per heavy atom. The molecule has 1 saturated heterocycles. The number of hydrogen-bond acceptors (Lipinski definition) is 3. The average Bonchev–Trinajstić information content (AvgIpc) is 2.46. The molecule has 1 fully saturated rings. The molecule has 0 saturated carbocycles. The summed E-state index contributed by atoms with van der Waals surface area (Å²) in [6.07, 6.45) is 5.36. The number of piperidine rings is 1.